The molecule has 1 aliphatic rings. The molecule has 0 aliphatic carbocycles. The molecule has 1 atom stereocenters. The fraction of sp³-hybridized carbons (Fsp3) is 0.318. The molecule has 0 unspecified atom stereocenters. The van der Waals surface area contributed by atoms with Gasteiger partial charge in [-0.15, -0.1) is 0 Å². The lowest BCUT2D eigenvalue weighted by atomic mass is 10.1. The molecule has 0 bridgehead atoms. The maximum absolute atomic E-state index is 13.6. The van der Waals surface area contributed by atoms with Gasteiger partial charge in [0.25, 0.3) is 0 Å². The number of nitrogens with zero attached hydrogens (tertiary/aromatic N) is 2. The summed E-state index contributed by atoms with van der Waals surface area (Å²) in [5.74, 6) is -0.0348. The van der Waals surface area contributed by atoms with E-state index < -0.39 is 0 Å². The molecule has 5 heteroatoms. The summed E-state index contributed by atoms with van der Waals surface area (Å²) in [6.45, 7) is 2.46. The lowest BCUT2D eigenvalue weighted by molar-refractivity contribution is 0.244. The van der Waals surface area contributed by atoms with Crippen molar-refractivity contribution in [3.8, 4) is 5.75 Å². The summed E-state index contributed by atoms with van der Waals surface area (Å²) >= 11 is 0. The second kappa shape index (κ2) is 8.35. The normalized spacial score (nSPS) is 17.3. The van der Waals surface area contributed by atoms with Crippen LogP contribution in [0.1, 0.15) is 35.8 Å². The van der Waals surface area contributed by atoms with Gasteiger partial charge in [-0.2, -0.15) is 5.10 Å². The summed E-state index contributed by atoms with van der Waals surface area (Å²) in [5.41, 5.74) is 3.44. The summed E-state index contributed by atoms with van der Waals surface area (Å²) in [6, 6.07) is 19.5. The number of H-pyrrole nitrogens is 1. The standard InChI is InChI=1S/C22H24FN3O/c23-19-9-4-5-11-22(19)27-14-12-18-15-20(25-24-18)21-10-6-13-26(21)16-17-7-2-1-3-8-17/h1-5,7-9,11,15,21H,6,10,12-14,16H2,(H,24,25)/t21-/m1/s1. The minimum Gasteiger partial charge on any atom is -0.490 e. The Labute approximate surface area is 159 Å². The van der Waals surface area contributed by atoms with E-state index in [1.54, 1.807) is 18.2 Å². The topological polar surface area (TPSA) is 41.1 Å². The highest BCUT2D eigenvalue weighted by molar-refractivity contribution is 5.24. The predicted octanol–water partition coefficient (Wildman–Crippen LogP) is 4.51. The average Bonchev–Trinajstić information content (AvgIpc) is 3.33. The number of aromatic nitrogens is 2. The first-order valence-electron chi connectivity index (χ1n) is 9.49. The quantitative estimate of drug-likeness (QED) is 0.670. The molecule has 0 saturated carbocycles. The SMILES string of the molecule is Fc1ccccc1OCCc1cc([C@H]2CCCN2Cc2ccccc2)n[nH]1. The number of para-hydroxylation sites is 1. The van der Waals surface area contributed by atoms with Crippen molar-refractivity contribution in [2.75, 3.05) is 13.2 Å². The first-order chi connectivity index (χ1) is 13.3. The Hall–Kier alpha value is -2.66. The third-order valence-electron chi connectivity index (χ3n) is 5.05. The lowest BCUT2D eigenvalue weighted by Crippen LogP contribution is -2.23. The molecule has 140 valence electrons. The molecule has 1 aliphatic heterocycles. The maximum Gasteiger partial charge on any atom is 0.165 e. The van der Waals surface area contributed by atoms with Crippen LogP contribution in [0.15, 0.2) is 60.7 Å². The first-order valence-corrected chi connectivity index (χ1v) is 9.49. The summed E-state index contributed by atoms with van der Waals surface area (Å²) < 4.78 is 19.1. The largest absolute Gasteiger partial charge is 0.490 e. The smallest absolute Gasteiger partial charge is 0.165 e. The Kier molecular flexibility index (Phi) is 5.49. The Morgan fingerprint density at radius 1 is 1.11 bits per heavy atom. The number of nitrogens with one attached hydrogen (secondary N) is 1. The Morgan fingerprint density at radius 3 is 2.78 bits per heavy atom. The molecule has 1 saturated heterocycles. The van der Waals surface area contributed by atoms with Gasteiger partial charge in [0.05, 0.1) is 18.3 Å². The Bertz CT molecular complexity index is 865. The van der Waals surface area contributed by atoms with E-state index in [1.165, 1.54) is 18.1 Å². The number of hydrogen-bond acceptors (Lipinski definition) is 3. The summed E-state index contributed by atoms with van der Waals surface area (Å²) in [4.78, 5) is 2.49. The first kappa shape index (κ1) is 17.7. The van der Waals surface area contributed by atoms with Gasteiger partial charge >= 0.3 is 0 Å². The lowest BCUT2D eigenvalue weighted by Gasteiger charge is -2.22. The molecule has 2 heterocycles. The van der Waals surface area contributed by atoms with E-state index in [9.17, 15) is 4.39 Å². The molecule has 4 nitrogen and oxygen atoms in total. The monoisotopic (exact) mass is 365 g/mol. The minimum absolute atomic E-state index is 0.294. The zero-order valence-electron chi connectivity index (χ0n) is 15.3. The molecule has 4 rings (SSSR count). The van der Waals surface area contributed by atoms with Crippen LogP contribution >= 0.6 is 0 Å². The molecule has 1 aromatic heterocycles. The third kappa shape index (κ3) is 4.37. The van der Waals surface area contributed by atoms with Crippen LogP contribution in [-0.2, 0) is 13.0 Å². The van der Waals surface area contributed by atoms with E-state index in [2.05, 4.69) is 45.4 Å². The number of halogens is 1. The Morgan fingerprint density at radius 2 is 1.93 bits per heavy atom. The van der Waals surface area contributed by atoms with Crippen molar-refractivity contribution < 1.29 is 9.13 Å². The molecular formula is C22H24FN3O. The molecule has 1 fully saturated rings. The van der Waals surface area contributed by atoms with Gasteiger partial charge in [-0.05, 0) is 43.1 Å². The van der Waals surface area contributed by atoms with Crippen molar-refractivity contribution in [1.82, 2.24) is 15.1 Å². The van der Waals surface area contributed by atoms with Gasteiger partial charge in [-0.1, -0.05) is 42.5 Å². The molecule has 3 aromatic rings. The number of rotatable bonds is 7. The highest BCUT2D eigenvalue weighted by Crippen LogP contribution is 2.32. The van der Waals surface area contributed by atoms with E-state index in [-0.39, 0.29) is 5.82 Å². The van der Waals surface area contributed by atoms with Gasteiger partial charge in [-0.25, -0.2) is 4.39 Å². The second-order valence-corrected chi connectivity index (χ2v) is 6.96. The van der Waals surface area contributed by atoms with Crippen LogP contribution in [0.4, 0.5) is 4.39 Å². The van der Waals surface area contributed by atoms with Gasteiger partial charge in [-0.3, -0.25) is 10.00 Å². The predicted molar refractivity (Wildman–Crippen MR) is 103 cm³/mol. The van der Waals surface area contributed by atoms with Crippen molar-refractivity contribution >= 4 is 0 Å². The third-order valence-corrected chi connectivity index (χ3v) is 5.05. The highest BCUT2D eigenvalue weighted by Gasteiger charge is 2.27. The molecule has 0 amide bonds. The van der Waals surface area contributed by atoms with Crippen molar-refractivity contribution in [2.45, 2.75) is 31.8 Å². The van der Waals surface area contributed by atoms with E-state index in [1.807, 2.05) is 6.07 Å². The molecule has 1 N–H and O–H groups in total. The van der Waals surface area contributed by atoms with E-state index >= 15 is 0 Å². The van der Waals surface area contributed by atoms with Crippen LogP contribution in [-0.4, -0.2) is 28.2 Å². The van der Waals surface area contributed by atoms with Gasteiger partial charge in [0.2, 0.25) is 0 Å². The fourth-order valence-electron chi connectivity index (χ4n) is 3.68. The molecule has 2 aromatic carbocycles. The molecule has 0 spiro atoms. The van der Waals surface area contributed by atoms with Gasteiger partial charge in [0.1, 0.15) is 0 Å². The van der Waals surface area contributed by atoms with Gasteiger partial charge < -0.3 is 4.74 Å². The minimum atomic E-state index is -0.328. The van der Waals surface area contributed by atoms with Crippen LogP contribution in [0.5, 0.6) is 5.75 Å². The number of aromatic amines is 1. The summed E-state index contributed by atoms with van der Waals surface area (Å²) in [7, 11) is 0. The molecular weight excluding hydrogens is 341 g/mol. The highest BCUT2D eigenvalue weighted by atomic mass is 19.1. The van der Waals surface area contributed by atoms with Gasteiger partial charge in [0, 0.05) is 18.7 Å². The van der Waals surface area contributed by atoms with E-state index in [4.69, 9.17) is 4.74 Å². The average molecular weight is 365 g/mol. The van der Waals surface area contributed by atoms with E-state index in [0.717, 1.165) is 30.9 Å². The van der Waals surface area contributed by atoms with Crippen molar-refractivity contribution in [1.29, 1.82) is 0 Å². The fourth-order valence-corrected chi connectivity index (χ4v) is 3.68. The van der Waals surface area contributed by atoms with Crippen LogP contribution < -0.4 is 4.74 Å². The van der Waals surface area contributed by atoms with Crippen LogP contribution in [0.25, 0.3) is 0 Å². The van der Waals surface area contributed by atoms with Crippen LogP contribution in [0.2, 0.25) is 0 Å². The van der Waals surface area contributed by atoms with Crippen LogP contribution in [0, 0.1) is 5.82 Å². The maximum atomic E-state index is 13.6. The van der Waals surface area contributed by atoms with Gasteiger partial charge in [0.15, 0.2) is 11.6 Å². The second-order valence-electron chi connectivity index (χ2n) is 6.96. The zero-order chi connectivity index (χ0) is 18.5. The number of ether oxygens (including phenoxy) is 1. The van der Waals surface area contributed by atoms with Crippen molar-refractivity contribution in [2.24, 2.45) is 0 Å². The molecule has 27 heavy (non-hydrogen) atoms. The van der Waals surface area contributed by atoms with E-state index in [0.29, 0.717) is 24.8 Å². The Balaban J connectivity index is 1.35. The summed E-state index contributed by atoms with van der Waals surface area (Å²) in [6.07, 6.45) is 2.99. The summed E-state index contributed by atoms with van der Waals surface area (Å²) in [5, 5.41) is 7.65. The zero-order valence-corrected chi connectivity index (χ0v) is 15.3. The number of hydrogen-bond donors (Lipinski definition) is 1. The van der Waals surface area contributed by atoms with Crippen LogP contribution in [0.3, 0.4) is 0 Å². The molecule has 0 radical (unpaired) electrons. The van der Waals surface area contributed by atoms with Crippen molar-refractivity contribution in [3.63, 3.8) is 0 Å². The van der Waals surface area contributed by atoms with Crippen molar-refractivity contribution in [3.05, 3.63) is 83.4 Å². The number of likely N-dealkylation sites (tertiary alicyclic amines) is 1. The number of benzene rings is 2.